The molecule has 8 nitrogen and oxygen atoms in total. The predicted molar refractivity (Wildman–Crippen MR) is 127 cm³/mol. The van der Waals surface area contributed by atoms with Crippen LogP contribution in [0.3, 0.4) is 0 Å². The molecule has 0 radical (unpaired) electrons. The number of hydrogen-bond donors (Lipinski definition) is 2. The van der Waals surface area contributed by atoms with E-state index in [0.717, 1.165) is 30.8 Å². The number of hydrogen-bond acceptors (Lipinski definition) is 5. The first kappa shape index (κ1) is 23.4. The number of aromatic nitrogens is 2. The van der Waals surface area contributed by atoms with Gasteiger partial charge in [-0.3, -0.25) is 14.3 Å². The van der Waals surface area contributed by atoms with E-state index >= 15 is 0 Å². The summed E-state index contributed by atoms with van der Waals surface area (Å²) >= 11 is 0. The van der Waals surface area contributed by atoms with Crippen LogP contribution in [-0.4, -0.2) is 58.8 Å². The van der Waals surface area contributed by atoms with Crippen LogP contribution in [-0.2, 0) is 11.8 Å². The van der Waals surface area contributed by atoms with Crippen LogP contribution in [0.4, 0.5) is 10.1 Å². The molecular weight excluding hydrogens is 437 g/mol. The summed E-state index contributed by atoms with van der Waals surface area (Å²) in [6.07, 6.45) is 2.44. The Morgan fingerprint density at radius 2 is 2.09 bits per heavy atom. The fraction of sp³-hybridized carbons (Fsp3) is 0.320. The lowest BCUT2D eigenvalue weighted by molar-refractivity contribution is -0.130. The van der Waals surface area contributed by atoms with Crippen molar-refractivity contribution in [2.45, 2.75) is 19.4 Å². The highest BCUT2D eigenvalue weighted by molar-refractivity contribution is 6.04. The molecule has 178 valence electrons. The highest BCUT2D eigenvalue weighted by Crippen LogP contribution is 2.33. The van der Waals surface area contributed by atoms with Crippen molar-refractivity contribution >= 4 is 17.5 Å². The highest BCUT2D eigenvalue weighted by Gasteiger charge is 2.21. The van der Waals surface area contributed by atoms with E-state index in [1.54, 1.807) is 36.0 Å². The van der Waals surface area contributed by atoms with Crippen molar-refractivity contribution in [2.24, 2.45) is 7.05 Å². The summed E-state index contributed by atoms with van der Waals surface area (Å²) < 4.78 is 21.4. The van der Waals surface area contributed by atoms with Crippen molar-refractivity contribution in [1.82, 2.24) is 20.0 Å². The maximum Gasteiger partial charge on any atom is 0.255 e. The topological polar surface area (TPSA) is 88.5 Å². The van der Waals surface area contributed by atoms with E-state index in [-0.39, 0.29) is 17.5 Å². The van der Waals surface area contributed by atoms with Crippen LogP contribution in [0.2, 0.25) is 0 Å². The fourth-order valence-electron chi connectivity index (χ4n) is 4.02. The average molecular weight is 466 g/mol. The molecule has 1 aliphatic rings. The van der Waals surface area contributed by atoms with Gasteiger partial charge in [-0.25, -0.2) is 4.39 Å². The van der Waals surface area contributed by atoms with Crippen LogP contribution in [0.5, 0.6) is 5.75 Å². The largest absolute Gasteiger partial charge is 0.493 e. The molecule has 0 aliphatic carbocycles. The summed E-state index contributed by atoms with van der Waals surface area (Å²) in [4.78, 5) is 26.1. The van der Waals surface area contributed by atoms with E-state index in [9.17, 15) is 14.0 Å². The predicted octanol–water partition coefficient (Wildman–Crippen LogP) is 3.07. The van der Waals surface area contributed by atoms with Crippen LogP contribution in [0, 0.1) is 5.82 Å². The molecular formula is C25H28FN5O3. The number of piperazine rings is 1. The van der Waals surface area contributed by atoms with Gasteiger partial charge in [0, 0.05) is 62.7 Å². The molecule has 2 heterocycles. The number of aryl methyl sites for hydroxylation is 1. The van der Waals surface area contributed by atoms with Crippen LogP contribution < -0.4 is 15.4 Å². The fourth-order valence-corrected chi connectivity index (χ4v) is 4.02. The quantitative estimate of drug-likeness (QED) is 0.560. The van der Waals surface area contributed by atoms with Crippen molar-refractivity contribution in [2.75, 3.05) is 31.6 Å². The smallest absolute Gasteiger partial charge is 0.255 e. The minimum absolute atomic E-state index is 0.0850. The van der Waals surface area contributed by atoms with Gasteiger partial charge in [-0.1, -0.05) is 6.07 Å². The summed E-state index contributed by atoms with van der Waals surface area (Å²) in [5, 5.41) is 10.5. The number of rotatable bonds is 7. The van der Waals surface area contributed by atoms with E-state index < -0.39 is 11.7 Å². The molecule has 0 bridgehead atoms. The van der Waals surface area contributed by atoms with Gasteiger partial charge in [-0.2, -0.15) is 5.10 Å². The van der Waals surface area contributed by atoms with E-state index in [4.69, 9.17) is 4.74 Å². The van der Waals surface area contributed by atoms with Gasteiger partial charge in [-0.15, -0.1) is 0 Å². The number of nitrogens with one attached hydrogen (secondary N) is 2. The minimum atomic E-state index is -0.467. The van der Waals surface area contributed by atoms with Gasteiger partial charge < -0.3 is 20.3 Å². The van der Waals surface area contributed by atoms with Crippen LogP contribution in [0.15, 0.2) is 54.7 Å². The van der Waals surface area contributed by atoms with Crippen molar-refractivity contribution in [3.05, 3.63) is 66.1 Å². The summed E-state index contributed by atoms with van der Waals surface area (Å²) in [7, 11) is 1.83. The first-order chi connectivity index (χ1) is 16.4. The molecule has 1 fully saturated rings. The maximum atomic E-state index is 13.5. The summed E-state index contributed by atoms with van der Waals surface area (Å²) in [6, 6.07) is 13.0. The number of amides is 2. The third-order valence-corrected chi connectivity index (χ3v) is 5.85. The van der Waals surface area contributed by atoms with Crippen molar-refractivity contribution in [3.63, 3.8) is 0 Å². The molecule has 1 aromatic heterocycles. The average Bonchev–Trinajstić information content (AvgIpc) is 3.25. The Labute approximate surface area is 197 Å². The molecule has 34 heavy (non-hydrogen) atoms. The molecule has 1 atom stereocenters. The Kier molecular flexibility index (Phi) is 7.22. The molecule has 0 saturated carbocycles. The van der Waals surface area contributed by atoms with Gasteiger partial charge in [0.05, 0.1) is 12.3 Å². The molecule has 1 saturated heterocycles. The Hall–Kier alpha value is -3.72. The molecule has 9 heteroatoms. The van der Waals surface area contributed by atoms with Crippen LogP contribution in [0.1, 0.15) is 23.7 Å². The minimum Gasteiger partial charge on any atom is -0.493 e. The summed E-state index contributed by atoms with van der Waals surface area (Å²) in [5.41, 5.74) is 2.40. The molecule has 4 rings (SSSR count). The second-order valence-corrected chi connectivity index (χ2v) is 8.27. The standard InChI is InChI=1S/C25H28FN5O3/c1-17(32)31-12-11-27-21(16-31)9-13-34-24-7-6-20(15-22(24)23-8-10-28-30(23)2)29-25(33)18-4-3-5-19(26)14-18/h3-8,10,14-15,21,27H,9,11-13,16H2,1-2H3,(H,29,33). The van der Waals surface area contributed by atoms with Crippen molar-refractivity contribution in [3.8, 4) is 17.0 Å². The van der Waals surface area contributed by atoms with Crippen molar-refractivity contribution < 1.29 is 18.7 Å². The van der Waals surface area contributed by atoms with E-state index in [0.29, 0.717) is 24.6 Å². The first-order valence-corrected chi connectivity index (χ1v) is 11.2. The van der Waals surface area contributed by atoms with Gasteiger partial charge >= 0.3 is 0 Å². The third-order valence-electron chi connectivity index (χ3n) is 5.85. The number of halogens is 1. The first-order valence-electron chi connectivity index (χ1n) is 11.2. The van der Waals surface area contributed by atoms with Gasteiger partial charge in [-0.05, 0) is 48.9 Å². The Bertz CT molecular complexity index is 1180. The Morgan fingerprint density at radius 1 is 1.24 bits per heavy atom. The van der Waals surface area contributed by atoms with E-state index in [1.165, 1.54) is 18.2 Å². The molecule has 2 N–H and O–H groups in total. The van der Waals surface area contributed by atoms with Gasteiger partial charge in [0.2, 0.25) is 5.91 Å². The normalized spacial score (nSPS) is 15.7. The van der Waals surface area contributed by atoms with Crippen LogP contribution >= 0.6 is 0 Å². The second kappa shape index (κ2) is 10.5. The number of anilines is 1. The number of benzene rings is 2. The van der Waals surface area contributed by atoms with Gasteiger partial charge in [0.1, 0.15) is 11.6 Å². The SMILES string of the molecule is CC(=O)N1CCNC(CCOc2ccc(NC(=O)c3cccc(F)c3)cc2-c2ccnn2C)C1. The molecule has 1 aliphatic heterocycles. The zero-order chi connectivity index (χ0) is 24.1. The molecule has 2 aromatic carbocycles. The summed E-state index contributed by atoms with van der Waals surface area (Å²) in [5.74, 6) is -0.123. The number of carbonyl (C=O) groups is 2. The van der Waals surface area contributed by atoms with E-state index in [2.05, 4.69) is 15.7 Å². The van der Waals surface area contributed by atoms with E-state index in [1.807, 2.05) is 24.1 Å². The zero-order valence-corrected chi connectivity index (χ0v) is 19.3. The number of ether oxygens (including phenoxy) is 1. The van der Waals surface area contributed by atoms with Crippen LogP contribution in [0.25, 0.3) is 11.3 Å². The zero-order valence-electron chi connectivity index (χ0n) is 19.3. The lowest BCUT2D eigenvalue weighted by Gasteiger charge is -2.33. The Morgan fingerprint density at radius 3 is 2.82 bits per heavy atom. The number of carbonyl (C=O) groups excluding carboxylic acids is 2. The second-order valence-electron chi connectivity index (χ2n) is 8.27. The molecule has 1 unspecified atom stereocenters. The molecule has 0 spiro atoms. The lowest BCUT2D eigenvalue weighted by Crippen LogP contribution is -2.52. The highest BCUT2D eigenvalue weighted by atomic mass is 19.1. The molecule has 2 amide bonds. The van der Waals surface area contributed by atoms with Crippen molar-refractivity contribution in [1.29, 1.82) is 0 Å². The third kappa shape index (κ3) is 5.60. The van der Waals surface area contributed by atoms with Gasteiger partial charge in [0.15, 0.2) is 0 Å². The number of nitrogens with zero attached hydrogens (tertiary/aromatic N) is 3. The van der Waals surface area contributed by atoms with Gasteiger partial charge in [0.25, 0.3) is 5.91 Å². The monoisotopic (exact) mass is 465 g/mol. The lowest BCUT2D eigenvalue weighted by atomic mass is 10.1. The Balaban J connectivity index is 1.48. The summed E-state index contributed by atoms with van der Waals surface area (Å²) in [6.45, 7) is 4.21. The maximum absolute atomic E-state index is 13.5. The molecule has 3 aromatic rings.